The van der Waals surface area contributed by atoms with Gasteiger partial charge < -0.3 is 8.83 Å². The van der Waals surface area contributed by atoms with E-state index in [2.05, 4.69) is 170 Å². The van der Waals surface area contributed by atoms with Gasteiger partial charge >= 0.3 is 0 Å². The fraction of sp³-hybridized carbons (Fsp3) is 0. The monoisotopic (exact) mass is 793 g/mol. The molecular formula is C57H35N3O2. The molecule has 0 saturated carbocycles. The molecular weight excluding hydrogens is 759 g/mol. The van der Waals surface area contributed by atoms with Crippen molar-refractivity contribution in [2.24, 2.45) is 0 Å². The molecule has 0 aliphatic carbocycles. The summed E-state index contributed by atoms with van der Waals surface area (Å²) in [6.07, 6.45) is 0. The quantitative estimate of drug-likeness (QED) is 0.161. The second-order valence-corrected chi connectivity index (χ2v) is 15.5. The maximum atomic E-state index is 6.50. The van der Waals surface area contributed by atoms with Crippen molar-refractivity contribution < 1.29 is 8.83 Å². The molecule has 0 atom stereocenters. The lowest BCUT2D eigenvalue weighted by Crippen LogP contribution is -2.01. The summed E-state index contributed by atoms with van der Waals surface area (Å²) < 4.78 is 13.0. The molecule has 12 rings (SSSR count). The molecule has 3 heterocycles. The van der Waals surface area contributed by atoms with Gasteiger partial charge in [0.15, 0.2) is 17.5 Å². The fourth-order valence-electron chi connectivity index (χ4n) is 8.72. The lowest BCUT2D eigenvalue weighted by atomic mass is 9.99. The van der Waals surface area contributed by atoms with Gasteiger partial charge in [-0.25, -0.2) is 15.0 Å². The molecule has 62 heavy (non-hydrogen) atoms. The van der Waals surface area contributed by atoms with E-state index in [0.29, 0.717) is 17.5 Å². The highest BCUT2D eigenvalue weighted by Crippen LogP contribution is 2.41. The summed E-state index contributed by atoms with van der Waals surface area (Å²) in [6, 6.07) is 73.4. The minimum absolute atomic E-state index is 0.552. The summed E-state index contributed by atoms with van der Waals surface area (Å²) in [7, 11) is 0. The van der Waals surface area contributed by atoms with Crippen LogP contribution >= 0.6 is 0 Å². The molecule has 9 aromatic carbocycles. The Bertz CT molecular complexity index is 3440. The van der Waals surface area contributed by atoms with E-state index < -0.39 is 0 Å². The molecule has 0 bridgehead atoms. The van der Waals surface area contributed by atoms with Crippen LogP contribution in [0.25, 0.3) is 123 Å². The highest BCUT2D eigenvalue weighted by atomic mass is 16.3. The summed E-state index contributed by atoms with van der Waals surface area (Å²) in [5.41, 5.74) is 14.8. The first-order valence-corrected chi connectivity index (χ1v) is 20.7. The Labute approximate surface area is 357 Å². The van der Waals surface area contributed by atoms with Gasteiger partial charge in [-0.05, 0) is 87.0 Å². The topological polar surface area (TPSA) is 65.0 Å². The molecule has 0 spiro atoms. The van der Waals surface area contributed by atoms with E-state index in [4.69, 9.17) is 23.8 Å². The van der Waals surface area contributed by atoms with Gasteiger partial charge in [-0.1, -0.05) is 170 Å². The van der Waals surface area contributed by atoms with Crippen molar-refractivity contribution in [2.45, 2.75) is 0 Å². The van der Waals surface area contributed by atoms with E-state index in [1.807, 2.05) is 42.5 Å². The first-order chi connectivity index (χ1) is 30.7. The van der Waals surface area contributed by atoms with Gasteiger partial charge in [0.2, 0.25) is 0 Å². The van der Waals surface area contributed by atoms with Gasteiger partial charge in [-0.15, -0.1) is 0 Å². The van der Waals surface area contributed by atoms with E-state index >= 15 is 0 Å². The molecule has 290 valence electrons. The zero-order chi connectivity index (χ0) is 41.0. The Morgan fingerprint density at radius 1 is 0.242 bits per heavy atom. The van der Waals surface area contributed by atoms with Crippen LogP contribution in [0.1, 0.15) is 0 Å². The third kappa shape index (κ3) is 6.23. The van der Waals surface area contributed by atoms with Gasteiger partial charge in [0.25, 0.3) is 0 Å². The van der Waals surface area contributed by atoms with Crippen molar-refractivity contribution in [3.63, 3.8) is 0 Å². The molecule has 12 aromatic rings. The van der Waals surface area contributed by atoms with Crippen LogP contribution in [0.4, 0.5) is 0 Å². The van der Waals surface area contributed by atoms with Crippen molar-refractivity contribution in [2.75, 3.05) is 0 Å². The van der Waals surface area contributed by atoms with Gasteiger partial charge in [0.1, 0.15) is 22.3 Å². The van der Waals surface area contributed by atoms with Crippen molar-refractivity contribution in [3.05, 3.63) is 212 Å². The van der Waals surface area contributed by atoms with Crippen molar-refractivity contribution in [1.82, 2.24) is 15.0 Å². The van der Waals surface area contributed by atoms with Gasteiger partial charge in [-0.3, -0.25) is 0 Å². The van der Waals surface area contributed by atoms with Crippen LogP contribution in [0, 0.1) is 0 Å². The average Bonchev–Trinajstić information content (AvgIpc) is 3.93. The molecule has 0 N–H and O–H groups in total. The number of aromatic nitrogens is 3. The normalized spacial score (nSPS) is 11.5. The van der Waals surface area contributed by atoms with Crippen LogP contribution in [-0.4, -0.2) is 15.0 Å². The Kier molecular flexibility index (Phi) is 8.42. The van der Waals surface area contributed by atoms with Crippen LogP contribution in [0.2, 0.25) is 0 Å². The van der Waals surface area contributed by atoms with Gasteiger partial charge in [0.05, 0.1) is 0 Å². The minimum Gasteiger partial charge on any atom is -0.456 e. The van der Waals surface area contributed by atoms with Crippen LogP contribution in [-0.2, 0) is 0 Å². The Morgan fingerprint density at radius 3 is 1.10 bits per heavy atom. The minimum atomic E-state index is 0.552. The molecule has 3 aromatic heterocycles. The maximum Gasteiger partial charge on any atom is 0.164 e. The zero-order valence-corrected chi connectivity index (χ0v) is 33.4. The second-order valence-electron chi connectivity index (χ2n) is 15.5. The van der Waals surface area contributed by atoms with Crippen LogP contribution in [0.3, 0.4) is 0 Å². The van der Waals surface area contributed by atoms with E-state index in [-0.39, 0.29) is 0 Å². The summed E-state index contributed by atoms with van der Waals surface area (Å²) in [6.45, 7) is 0. The van der Waals surface area contributed by atoms with Gasteiger partial charge in [0, 0.05) is 38.2 Å². The lowest BCUT2D eigenvalue weighted by Gasteiger charge is -2.11. The van der Waals surface area contributed by atoms with Crippen molar-refractivity contribution in [3.8, 4) is 78.7 Å². The third-order valence-electron chi connectivity index (χ3n) is 11.8. The molecule has 0 radical (unpaired) electrons. The number of hydrogen-bond acceptors (Lipinski definition) is 5. The van der Waals surface area contributed by atoms with Crippen LogP contribution in [0.5, 0.6) is 0 Å². The van der Waals surface area contributed by atoms with E-state index in [9.17, 15) is 0 Å². The highest BCUT2D eigenvalue weighted by molar-refractivity contribution is 6.14. The average molecular weight is 794 g/mol. The molecule has 0 aliphatic rings. The predicted octanol–water partition coefficient (Wildman–Crippen LogP) is 15.3. The summed E-state index contributed by atoms with van der Waals surface area (Å²) in [5, 5.41) is 3.90. The van der Waals surface area contributed by atoms with Crippen molar-refractivity contribution in [1.29, 1.82) is 0 Å². The second kappa shape index (κ2) is 14.7. The Morgan fingerprint density at radius 2 is 0.597 bits per heavy atom. The van der Waals surface area contributed by atoms with E-state index in [1.54, 1.807) is 0 Å². The van der Waals surface area contributed by atoms with E-state index in [0.717, 1.165) is 93.9 Å². The number of hydrogen-bond donors (Lipinski definition) is 0. The maximum absolute atomic E-state index is 6.50. The number of fused-ring (bicyclic) bond motifs is 6. The SMILES string of the molecule is c1ccc(-c2ccc(-c3cccc(-c4nc(-c5cccc6oc7ccc(-c8ccccc8)cc7c56)nc(-c5cccc6oc7ccc(-c8ccccc8)cc7c56)n4)c3)cc2)cc1. The highest BCUT2D eigenvalue weighted by Gasteiger charge is 2.21. The number of benzene rings is 9. The Hall–Kier alpha value is -8.41. The molecule has 0 amide bonds. The molecule has 0 unspecified atom stereocenters. The molecule has 0 fully saturated rings. The standard InChI is InChI=1S/C57H35N3O2/c1-4-13-36(14-5-1)39-25-27-40(28-26-39)41-19-10-20-44(33-41)55-58-56(45-21-11-23-51-53(45)47-34-42(29-31-49(47)61-51)37-15-6-2-7-16-37)60-57(59-55)46-22-12-24-52-54(46)48-35-43(30-32-50(48)62-52)38-17-8-3-9-18-38/h1-35H. The predicted molar refractivity (Wildman–Crippen MR) is 252 cm³/mol. The number of nitrogens with zero attached hydrogens (tertiary/aromatic N) is 3. The molecule has 0 aliphatic heterocycles. The summed E-state index contributed by atoms with van der Waals surface area (Å²) >= 11 is 0. The number of furan rings is 2. The zero-order valence-electron chi connectivity index (χ0n) is 33.4. The molecule has 0 saturated heterocycles. The smallest absolute Gasteiger partial charge is 0.164 e. The van der Waals surface area contributed by atoms with E-state index in [1.165, 1.54) is 11.1 Å². The summed E-state index contributed by atoms with van der Waals surface area (Å²) in [4.78, 5) is 16.0. The van der Waals surface area contributed by atoms with Gasteiger partial charge in [-0.2, -0.15) is 0 Å². The van der Waals surface area contributed by atoms with Crippen LogP contribution < -0.4 is 0 Å². The van der Waals surface area contributed by atoms with Crippen LogP contribution in [0.15, 0.2) is 221 Å². The third-order valence-corrected chi connectivity index (χ3v) is 11.8. The first-order valence-electron chi connectivity index (χ1n) is 20.7. The number of rotatable bonds is 7. The largest absolute Gasteiger partial charge is 0.456 e. The molecule has 5 heteroatoms. The summed E-state index contributed by atoms with van der Waals surface area (Å²) in [5.74, 6) is 1.67. The lowest BCUT2D eigenvalue weighted by molar-refractivity contribution is 0.668. The Balaban J connectivity index is 1.06. The molecule has 5 nitrogen and oxygen atoms in total. The fourth-order valence-corrected chi connectivity index (χ4v) is 8.72. The first kappa shape index (κ1) is 35.5. The van der Waals surface area contributed by atoms with Crippen molar-refractivity contribution >= 4 is 43.9 Å².